The summed E-state index contributed by atoms with van der Waals surface area (Å²) in [5, 5.41) is 17.5. The Morgan fingerprint density at radius 2 is 1.81 bits per heavy atom. The van der Waals surface area contributed by atoms with Crippen LogP contribution in [0.15, 0.2) is 72.1 Å². The van der Waals surface area contributed by atoms with Crippen molar-refractivity contribution >= 4 is 23.2 Å². The quantitative estimate of drug-likeness (QED) is 0.355. The number of amides is 2. The molecule has 0 unspecified atom stereocenters. The van der Waals surface area contributed by atoms with Crippen LogP contribution in [-0.2, 0) is 22.7 Å². The van der Waals surface area contributed by atoms with Crippen molar-refractivity contribution in [1.82, 2.24) is 30.4 Å². The van der Waals surface area contributed by atoms with Gasteiger partial charge in [-0.05, 0) is 59.3 Å². The maximum Gasteiger partial charge on any atom is 0.248 e. The van der Waals surface area contributed by atoms with Crippen LogP contribution >= 0.6 is 11.3 Å². The topological polar surface area (TPSA) is 93.0 Å². The Hall–Kier alpha value is -3.92. The molecular weight excluding hydrogens is 491 g/mol. The van der Waals surface area contributed by atoms with Crippen molar-refractivity contribution in [2.75, 3.05) is 0 Å². The number of benzene rings is 2. The minimum absolute atomic E-state index is 0.124. The van der Waals surface area contributed by atoms with Crippen molar-refractivity contribution in [2.45, 2.75) is 50.9 Å². The molecule has 1 N–H and O–H groups in total. The van der Waals surface area contributed by atoms with Gasteiger partial charge in [0, 0.05) is 23.0 Å². The number of nitrogens with zero attached hydrogens (tertiary/aromatic N) is 5. The smallest absolute Gasteiger partial charge is 0.248 e. The van der Waals surface area contributed by atoms with Crippen molar-refractivity contribution in [3.8, 4) is 11.4 Å². The van der Waals surface area contributed by atoms with Gasteiger partial charge in [-0.15, -0.1) is 21.5 Å². The van der Waals surface area contributed by atoms with E-state index in [1.165, 1.54) is 28.3 Å². The normalized spacial score (nSPS) is 14.4. The average molecular weight is 519 g/mol. The number of carbonyl (C=O) groups is 2. The van der Waals surface area contributed by atoms with Crippen LogP contribution in [-0.4, -0.2) is 43.0 Å². The van der Waals surface area contributed by atoms with Gasteiger partial charge in [0.25, 0.3) is 0 Å². The van der Waals surface area contributed by atoms with E-state index < -0.39 is 6.04 Å². The van der Waals surface area contributed by atoms with Gasteiger partial charge < -0.3 is 10.2 Å². The summed E-state index contributed by atoms with van der Waals surface area (Å²) >= 11 is 1.45. The van der Waals surface area contributed by atoms with Gasteiger partial charge in [-0.25, -0.2) is 4.39 Å². The number of hydrogen-bond donors (Lipinski definition) is 1. The van der Waals surface area contributed by atoms with E-state index in [9.17, 15) is 14.0 Å². The summed E-state index contributed by atoms with van der Waals surface area (Å²) in [6, 6.07) is 18.4. The van der Waals surface area contributed by atoms with Crippen LogP contribution in [0.1, 0.15) is 42.2 Å². The Bertz CT molecular complexity index is 1320. The van der Waals surface area contributed by atoms with Crippen LogP contribution in [0.2, 0.25) is 0 Å². The summed E-state index contributed by atoms with van der Waals surface area (Å²) in [6.07, 6.45) is 4.08. The highest BCUT2D eigenvalue weighted by atomic mass is 32.1. The highest BCUT2D eigenvalue weighted by molar-refractivity contribution is 7.10. The van der Waals surface area contributed by atoms with Gasteiger partial charge in [-0.1, -0.05) is 49.2 Å². The first kappa shape index (κ1) is 24.8. The molecule has 190 valence electrons. The number of carbonyl (C=O) groups excluding carboxylic acids is 2. The summed E-state index contributed by atoms with van der Waals surface area (Å²) in [5.74, 6) is -0.571. The fraction of sp³-hybridized carbons (Fsp3) is 0.296. The van der Waals surface area contributed by atoms with Crippen molar-refractivity contribution in [3.63, 3.8) is 0 Å². The summed E-state index contributed by atoms with van der Waals surface area (Å²) < 4.78 is 13.3. The van der Waals surface area contributed by atoms with Gasteiger partial charge >= 0.3 is 0 Å². The maximum absolute atomic E-state index is 13.8. The molecule has 0 radical (unpaired) electrons. The molecule has 2 aromatic heterocycles. The molecule has 0 saturated heterocycles. The van der Waals surface area contributed by atoms with Crippen LogP contribution in [0.4, 0.5) is 4.39 Å². The van der Waals surface area contributed by atoms with Gasteiger partial charge in [0.15, 0.2) is 0 Å². The van der Waals surface area contributed by atoms with Crippen LogP contribution in [0.25, 0.3) is 11.4 Å². The van der Waals surface area contributed by atoms with E-state index in [1.54, 1.807) is 17.0 Å². The molecule has 4 aromatic rings. The molecule has 0 bridgehead atoms. The molecule has 10 heteroatoms. The largest absolute Gasteiger partial charge is 0.351 e. The predicted molar refractivity (Wildman–Crippen MR) is 138 cm³/mol. The SMILES string of the molecule is O=C(NC1CCCC1)[C@@H](c1cccs1)N(Cc1ccccc1)C(=O)Cn1nnc(-c2ccc(F)cc2)n1. The Morgan fingerprint density at radius 3 is 2.51 bits per heavy atom. The molecule has 37 heavy (non-hydrogen) atoms. The zero-order valence-electron chi connectivity index (χ0n) is 20.2. The molecule has 5 rings (SSSR count). The third kappa shape index (κ3) is 6.08. The van der Waals surface area contributed by atoms with Crippen molar-refractivity contribution in [3.05, 3.63) is 88.4 Å². The van der Waals surface area contributed by atoms with Crippen molar-refractivity contribution in [1.29, 1.82) is 0 Å². The molecule has 1 saturated carbocycles. The Morgan fingerprint density at radius 1 is 1.05 bits per heavy atom. The minimum Gasteiger partial charge on any atom is -0.351 e. The predicted octanol–water partition coefficient (Wildman–Crippen LogP) is 4.37. The number of tetrazole rings is 1. The third-order valence-electron chi connectivity index (χ3n) is 6.42. The minimum atomic E-state index is -0.784. The lowest BCUT2D eigenvalue weighted by molar-refractivity contribution is -0.142. The van der Waals surface area contributed by atoms with Gasteiger partial charge in [0.1, 0.15) is 18.4 Å². The zero-order chi connectivity index (χ0) is 25.6. The third-order valence-corrected chi connectivity index (χ3v) is 7.35. The molecule has 1 aliphatic rings. The van der Waals surface area contributed by atoms with Crippen molar-refractivity contribution < 1.29 is 14.0 Å². The summed E-state index contributed by atoms with van der Waals surface area (Å²) in [4.78, 5) is 31.0. The second-order valence-electron chi connectivity index (χ2n) is 9.07. The number of rotatable bonds is 9. The molecule has 2 heterocycles. The maximum atomic E-state index is 13.8. The molecule has 1 aliphatic carbocycles. The van der Waals surface area contributed by atoms with Gasteiger partial charge in [0.2, 0.25) is 17.6 Å². The van der Waals surface area contributed by atoms with Gasteiger partial charge in [-0.3, -0.25) is 9.59 Å². The van der Waals surface area contributed by atoms with E-state index in [4.69, 9.17) is 0 Å². The summed E-state index contributed by atoms with van der Waals surface area (Å²) in [5.41, 5.74) is 1.50. The van der Waals surface area contributed by atoms with Gasteiger partial charge in [-0.2, -0.15) is 4.80 Å². The van der Waals surface area contributed by atoms with Gasteiger partial charge in [0.05, 0.1) is 0 Å². The Balaban J connectivity index is 1.42. The van der Waals surface area contributed by atoms with E-state index >= 15 is 0 Å². The lowest BCUT2D eigenvalue weighted by Crippen LogP contribution is -2.46. The average Bonchev–Trinajstić information content (AvgIpc) is 3.69. The van der Waals surface area contributed by atoms with Crippen LogP contribution in [0.5, 0.6) is 0 Å². The van der Waals surface area contributed by atoms with Crippen LogP contribution < -0.4 is 5.32 Å². The van der Waals surface area contributed by atoms with E-state index in [-0.39, 0.29) is 42.6 Å². The molecule has 1 atom stereocenters. The summed E-state index contributed by atoms with van der Waals surface area (Å²) in [7, 11) is 0. The molecular formula is C27H27FN6O2S. The highest BCUT2D eigenvalue weighted by Gasteiger charge is 2.34. The molecule has 2 aromatic carbocycles. The molecule has 1 fully saturated rings. The standard InChI is InChI=1S/C27H27FN6O2S/c28-21-14-12-20(13-15-21)26-30-32-34(31-26)18-24(35)33(17-19-7-2-1-3-8-19)25(23-11-6-16-37-23)27(36)29-22-9-4-5-10-22/h1-3,6-8,11-16,22,25H,4-5,9-10,17-18H2,(H,29,36)/t25-/m1/s1. The second kappa shape index (κ2) is 11.4. The molecule has 0 spiro atoms. The number of hydrogen-bond acceptors (Lipinski definition) is 6. The lowest BCUT2D eigenvalue weighted by Gasteiger charge is -2.31. The zero-order valence-corrected chi connectivity index (χ0v) is 21.0. The van der Waals surface area contributed by atoms with E-state index in [1.807, 2.05) is 47.8 Å². The number of aromatic nitrogens is 4. The first-order valence-corrected chi connectivity index (χ1v) is 13.2. The second-order valence-corrected chi connectivity index (χ2v) is 10.0. The molecule has 0 aliphatic heterocycles. The Kier molecular flexibility index (Phi) is 7.65. The Labute approximate surface area is 218 Å². The van der Waals surface area contributed by atoms with Crippen LogP contribution in [0.3, 0.4) is 0 Å². The fourth-order valence-electron chi connectivity index (χ4n) is 4.56. The number of thiophene rings is 1. The number of nitrogens with one attached hydrogen (secondary N) is 1. The van der Waals surface area contributed by atoms with E-state index in [0.29, 0.717) is 5.56 Å². The first-order chi connectivity index (χ1) is 18.1. The van der Waals surface area contributed by atoms with E-state index in [2.05, 4.69) is 20.7 Å². The highest BCUT2D eigenvalue weighted by Crippen LogP contribution is 2.29. The molecule has 2 amide bonds. The molecule has 8 nitrogen and oxygen atoms in total. The van der Waals surface area contributed by atoms with Crippen LogP contribution in [0, 0.1) is 5.82 Å². The number of halogens is 1. The van der Waals surface area contributed by atoms with E-state index in [0.717, 1.165) is 36.1 Å². The van der Waals surface area contributed by atoms with Crippen molar-refractivity contribution in [2.24, 2.45) is 0 Å². The lowest BCUT2D eigenvalue weighted by atomic mass is 10.1. The summed E-state index contributed by atoms with van der Waals surface area (Å²) in [6.45, 7) is 0.0550. The fourth-order valence-corrected chi connectivity index (χ4v) is 5.40. The first-order valence-electron chi connectivity index (χ1n) is 12.3. The monoisotopic (exact) mass is 518 g/mol.